The van der Waals surface area contributed by atoms with Gasteiger partial charge in [0.2, 0.25) is 0 Å². The zero-order valence-electron chi connectivity index (χ0n) is 12.0. The Labute approximate surface area is 122 Å². The quantitative estimate of drug-likeness (QED) is 0.875. The number of rotatable bonds is 5. The van der Waals surface area contributed by atoms with Gasteiger partial charge in [-0.05, 0) is 25.1 Å². The molecule has 110 valence electrons. The van der Waals surface area contributed by atoms with E-state index in [0.717, 1.165) is 0 Å². The molecule has 0 aliphatic carbocycles. The molecule has 0 atom stereocenters. The third-order valence-electron chi connectivity index (χ3n) is 2.56. The van der Waals surface area contributed by atoms with Gasteiger partial charge in [-0.1, -0.05) is 6.08 Å². The van der Waals surface area contributed by atoms with Gasteiger partial charge in [0, 0.05) is 13.7 Å². The maximum atomic E-state index is 11.5. The van der Waals surface area contributed by atoms with E-state index in [1.165, 1.54) is 0 Å². The summed E-state index contributed by atoms with van der Waals surface area (Å²) in [5.74, 6) is 0.431. The van der Waals surface area contributed by atoms with Crippen molar-refractivity contribution in [1.82, 2.24) is 20.3 Å². The molecule has 2 aromatic rings. The van der Waals surface area contributed by atoms with Crippen LogP contribution in [0.25, 0.3) is 17.2 Å². The Hall–Kier alpha value is -2.54. The van der Waals surface area contributed by atoms with Crippen LogP contribution in [-0.2, 0) is 4.74 Å². The number of ether oxygens (including phenoxy) is 1. The summed E-state index contributed by atoms with van der Waals surface area (Å²) in [6.07, 6.45) is 5.31. The van der Waals surface area contributed by atoms with Gasteiger partial charge < -0.3 is 10.1 Å². The normalized spacial score (nSPS) is 11.0. The molecule has 0 saturated heterocycles. The van der Waals surface area contributed by atoms with Gasteiger partial charge >= 0.3 is 6.03 Å². The fourth-order valence-corrected chi connectivity index (χ4v) is 1.65. The molecule has 2 aromatic heterocycles. The van der Waals surface area contributed by atoms with E-state index in [1.807, 2.05) is 19.1 Å². The molecule has 21 heavy (non-hydrogen) atoms. The molecule has 2 N–H and O–H groups in total. The first kappa shape index (κ1) is 14.9. The first-order valence-corrected chi connectivity index (χ1v) is 6.57. The highest BCUT2D eigenvalue weighted by Crippen LogP contribution is 2.12. The fraction of sp³-hybridized carbons (Fsp3) is 0.286. The van der Waals surface area contributed by atoms with E-state index < -0.39 is 0 Å². The number of methoxy groups -OCH3 is 1. The van der Waals surface area contributed by atoms with Gasteiger partial charge in [-0.25, -0.2) is 14.8 Å². The SMILES string of the molecule is CCNC(=O)Nc1ccc2ncc(/C=C/COC)nc2n1. The van der Waals surface area contributed by atoms with Crippen molar-refractivity contribution in [2.24, 2.45) is 0 Å². The van der Waals surface area contributed by atoms with E-state index in [-0.39, 0.29) is 6.03 Å². The summed E-state index contributed by atoms with van der Waals surface area (Å²) in [4.78, 5) is 24.4. The van der Waals surface area contributed by atoms with Crippen molar-refractivity contribution in [3.63, 3.8) is 0 Å². The van der Waals surface area contributed by atoms with Crippen molar-refractivity contribution in [3.8, 4) is 0 Å². The molecule has 0 bridgehead atoms. The van der Waals surface area contributed by atoms with Crippen LogP contribution in [0, 0.1) is 0 Å². The van der Waals surface area contributed by atoms with Gasteiger partial charge in [0.15, 0.2) is 5.65 Å². The molecule has 0 spiro atoms. The van der Waals surface area contributed by atoms with Gasteiger partial charge in [-0.15, -0.1) is 0 Å². The van der Waals surface area contributed by atoms with Crippen LogP contribution in [0.3, 0.4) is 0 Å². The fourth-order valence-electron chi connectivity index (χ4n) is 1.65. The predicted octanol–water partition coefficient (Wildman–Crippen LogP) is 1.83. The molecule has 0 aliphatic heterocycles. The number of fused-ring (bicyclic) bond motifs is 1. The predicted molar refractivity (Wildman–Crippen MR) is 80.9 cm³/mol. The van der Waals surface area contributed by atoms with E-state index in [4.69, 9.17) is 4.74 Å². The summed E-state index contributed by atoms with van der Waals surface area (Å²) in [5, 5.41) is 5.28. The van der Waals surface area contributed by atoms with Crippen LogP contribution in [0.2, 0.25) is 0 Å². The van der Waals surface area contributed by atoms with Gasteiger partial charge in [0.1, 0.15) is 11.3 Å². The average molecular weight is 287 g/mol. The van der Waals surface area contributed by atoms with Crippen LogP contribution in [0.4, 0.5) is 10.6 Å². The number of pyridine rings is 1. The third kappa shape index (κ3) is 4.22. The molecule has 2 heterocycles. The van der Waals surface area contributed by atoms with Crippen LogP contribution < -0.4 is 10.6 Å². The first-order valence-electron chi connectivity index (χ1n) is 6.57. The lowest BCUT2D eigenvalue weighted by molar-refractivity contribution is 0.234. The van der Waals surface area contributed by atoms with Gasteiger partial charge in [-0.3, -0.25) is 10.3 Å². The molecule has 0 unspecified atom stereocenters. The minimum Gasteiger partial charge on any atom is -0.381 e. The van der Waals surface area contributed by atoms with E-state index in [1.54, 1.807) is 25.4 Å². The molecular formula is C14H17N5O2. The summed E-state index contributed by atoms with van der Waals surface area (Å²) < 4.78 is 4.93. The van der Waals surface area contributed by atoms with Crippen LogP contribution in [0.1, 0.15) is 12.6 Å². The molecule has 7 heteroatoms. The number of hydrogen-bond acceptors (Lipinski definition) is 5. The first-order chi connectivity index (χ1) is 10.2. The number of carbonyl (C=O) groups excluding carboxylic acids is 1. The van der Waals surface area contributed by atoms with Crippen molar-refractivity contribution in [2.75, 3.05) is 25.6 Å². The second-order valence-electron chi connectivity index (χ2n) is 4.18. The van der Waals surface area contributed by atoms with Crippen LogP contribution in [-0.4, -0.2) is 41.2 Å². The number of aromatic nitrogens is 3. The highest BCUT2D eigenvalue weighted by molar-refractivity contribution is 5.89. The minimum atomic E-state index is -0.298. The summed E-state index contributed by atoms with van der Waals surface area (Å²) in [7, 11) is 1.62. The topological polar surface area (TPSA) is 89.0 Å². The zero-order chi connectivity index (χ0) is 15.1. The molecule has 0 saturated carbocycles. The Morgan fingerprint density at radius 1 is 1.38 bits per heavy atom. The largest absolute Gasteiger partial charge is 0.381 e. The summed E-state index contributed by atoms with van der Waals surface area (Å²) in [6.45, 7) is 2.90. The molecule has 0 aromatic carbocycles. The lowest BCUT2D eigenvalue weighted by Crippen LogP contribution is -2.28. The molecule has 0 aliphatic rings. The second-order valence-corrected chi connectivity index (χ2v) is 4.18. The summed E-state index contributed by atoms with van der Waals surface area (Å²) >= 11 is 0. The molecule has 7 nitrogen and oxygen atoms in total. The van der Waals surface area contributed by atoms with E-state index in [9.17, 15) is 4.79 Å². The maximum absolute atomic E-state index is 11.5. The summed E-state index contributed by atoms with van der Waals surface area (Å²) in [6, 6.07) is 3.15. The highest BCUT2D eigenvalue weighted by atomic mass is 16.5. The minimum absolute atomic E-state index is 0.298. The number of carbonyl (C=O) groups is 1. The lowest BCUT2D eigenvalue weighted by Gasteiger charge is -2.05. The number of hydrogen-bond donors (Lipinski definition) is 2. The third-order valence-corrected chi connectivity index (χ3v) is 2.56. The Morgan fingerprint density at radius 3 is 3.00 bits per heavy atom. The van der Waals surface area contributed by atoms with Crippen molar-refractivity contribution in [3.05, 3.63) is 30.1 Å². The number of urea groups is 1. The molecular weight excluding hydrogens is 270 g/mol. The number of nitrogens with one attached hydrogen (secondary N) is 2. The van der Waals surface area contributed by atoms with Crippen molar-refractivity contribution >= 4 is 29.1 Å². The lowest BCUT2D eigenvalue weighted by atomic mass is 10.3. The van der Waals surface area contributed by atoms with Crippen LogP contribution >= 0.6 is 0 Å². The highest BCUT2D eigenvalue weighted by Gasteiger charge is 2.04. The Bertz CT molecular complexity index is 657. The van der Waals surface area contributed by atoms with Gasteiger partial charge in [0.05, 0.1) is 18.5 Å². The standard InChI is InChI=1S/C14H17N5O2/c1-3-15-14(20)19-12-7-6-11-13(18-12)17-10(9-16-11)5-4-8-21-2/h4-7,9H,3,8H2,1-2H3,(H2,15,17,18,19,20)/b5-4+. The van der Waals surface area contributed by atoms with Crippen molar-refractivity contribution in [1.29, 1.82) is 0 Å². The Morgan fingerprint density at radius 2 is 2.24 bits per heavy atom. The van der Waals surface area contributed by atoms with E-state index in [2.05, 4.69) is 25.6 Å². The molecule has 2 amide bonds. The van der Waals surface area contributed by atoms with Crippen molar-refractivity contribution in [2.45, 2.75) is 6.92 Å². The average Bonchev–Trinajstić information content (AvgIpc) is 2.47. The zero-order valence-corrected chi connectivity index (χ0v) is 12.0. The summed E-state index contributed by atoms with van der Waals surface area (Å²) in [5.41, 5.74) is 1.83. The number of amides is 2. The maximum Gasteiger partial charge on any atom is 0.320 e. The van der Waals surface area contributed by atoms with Crippen molar-refractivity contribution < 1.29 is 9.53 Å². The second kappa shape index (κ2) is 7.30. The molecule has 0 fully saturated rings. The number of anilines is 1. The van der Waals surface area contributed by atoms with Gasteiger partial charge in [-0.2, -0.15) is 0 Å². The Kier molecular flexibility index (Phi) is 5.16. The number of nitrogens with zero attached hydrogens (tertiary/aromatic N) is 3. The molecule has 0 radical (unpaired) electrons. The van der Waals surface area contributed by atoms with E-state index in [0.29, 0.717) is 35.8 Å². The monoisotopic (exact) mass is 287 g/mol. The smallest absolute Gasteiger partial charge is 0.320 e. The van der Waals surface area contributed by atoms with E-state index >= 15 is 0 Å². The van der Waals surface area contributed by atoms with Crippen LogP contribution in [0.5, 0.6) is 0 Å². The molecule has 2 rings (SSSR count). The van der Waals surface area contributed by atoms with Gasteiger partial charge in [0.25, 0.3) is 0 Å². The van der Waals surface area contributed by atoms with Crippen LogP contribution in [0.15, 0.2) is 24.4 Å². The Balaban J connectivity index is 2.21.